The van der Waals surface area contributed by atoms with Crippen molar-refractivity contribution in [2.45, 2.75) is 13.8 Å². The van der Waals surface area contributed by atoms with Crippen molar-refractivity contribution in [3.63, 3.8) is 0 Å². The maximum absolute atomic E-state index is 12.3. The fourth-order valence-electron chi connectivity index (χ4n) is 2.76. The quantitative estimate of drug-likeness (QED) is 0.335. The first-order chi connectivity index (χ1) is 14.9. The summed E-state index contributed by atoms with van der Waals surface area (Å²) in [6.45, 7) is 3.53. The lowest BCUT2D eigenvalue weighted by molar-refractivity contribution is -0.383. The van der Waals surface area contributed by atoms with Crippen LogP contribution in [0.5, 0.6) is 0 Å². The summed E-state index contributed by atoms with van der Waals surface area (Å²) in [5.74, 6) is -1.49. The smallest absolute Gasteiger partial charge is 0.276 e. The minimum absolute atomic E-state index is 0.255. The molecule has 0 unspecified atom stereocenters. The van der Waals surface area contributed by atoms with Crippen LogP contribution < -0.4 is 21.7 Å². The third kappa shape index (κ3) is 4.90. The van der Waals surface area contributed by atoms with Crippen LogP contribution in [0.4, 0.5) is 17.3 Å². The number of aromatic nitrogens is 2. The van der Waals surface area contributed by atoms with E-state index in [2.05, 4.69) is 31.7 Å². The molecule has 0 saturated carbocycles. The normalized spacial score (nSPS) is 10.1. The summed E-state index contributed by atoms with van der Waals surface area (Å²) in [6.07, 6.45) is 1.05. The number of hydrogen-bond acceptors (Lipinski definition) is 8. The van der Waals surface area contributed by atoms with Gasteiger partial charge in [-0.1, -0.05) is 36.4 Å². The minimum atomic E-state index is -0.732. The molecule has 11 heteroatoms. The Kier molecular flexibility index (Phi) is 6.36. The number of rotatable bonds is 7. The lowest BCUT2D eigenvalue weighted by Gasteiger charge is -2.12. The predicted molar refractivity (Wildman–Crippen MR) is 113 cm³/mol. The second-order valence-corrected chi connectivity index (χ2v) is 6.46. The molecule has 0 bridgehead atoms. The Hall–Kier alpha value is -4.54. The third-order valence-electron chi connectivity index (χ3n) is 4.37. The molecule has 2 aromatic carbocycles. The van der Waals surface area contributed by atoms with E-state index >= 15 is 0 Å². The minimum Gasteiger partial charge on any atom is -0.276 e. The maximum Gasteiger partial charge on any atom is 0.356 e. The lowest BCUT2D eigenvalue weighted by Crippen LogP contribution is -2.32. The summed E-state index contributed by atoms with van der Waals surface area (Å²) >= 11 is 0. The summed E-state index contributed by atoms with van der Waals surface area (Å²) < 4.78 is 0. The molecule has 0 aliphatic rings. The zero-order chi connectivity index (χ0) is 22.4. The molecule has 158 valence electrons. The molecule has 3 aromatic rings. The van der Waals surface area contributed by atoms with E-state index in [4.69, 9.17) is 0 Å². The Bertz CT molecular complexity index is 1070. The topological polar surface area (TPSA) is 151 Å². The van der Waals surface area contributed by atoms with E-state index in [0.29, 0.717) is 11.1 Å². The van der Waals surface area contributed by atoms with Crippen LogP contribution in [-0.2, 0) is 0 Å². The Morgan fingerprint density at radius 2 is 1.23 bits per heavy atom. The van der Waals surface area contributed by atoms with Crippen molar-refractivity contribution in [1.82, 2.24) is 20.8 Å². The van der Waals surface area contributed by atoms with Gasteiger partial charge in [0.1, 0.15) is 6.33 Å². The SMILES string of the molecule is Cc1ccccc1C(=O)NNc1ncnc(NNC(=O)c2ccccc2C)c1[N+](=O)[O-]. The van der Waals surface area contributed by atoms with E-state index in [1.54, 1.807) is 62.4 Å². The molecule has 0 saturated heterocycles. The van der Waals surface area contributed by atoms with Crippen LogP contribution in [0.1, 0.15) is 31.8 Å². The number of carbonyl (C=O) groups excluding carboxylic acids is 2. The molecule has 0 spiro atoms. The number of nitrogens with one attached hydrogen (secondary N) is 4. The van der Waals surface area contributed by atoms with Gasteiger partial charge in [-0.3, -0.25) is 41.4 Å². The Balaban J connectivity index is 1.76. The number of carbonyl (C=O) groups is 2. The maximum atomic E-state index is 12.3. The first kappa shape index (κ1) is 21.2. The van der Waals surface area contributed by atoms with Crippen molar-refractivity contribution in [2.24, 2.45) is 0 Å². The van der Waals surface area contributed by atoms with Gasteiger partial charge in [-0.2, -0.15) is 0 Å². The molecule has 0 fully saturated rings. The van der Waals surface area contributed by atoms with Gasteiger partial charge in [-0.15, -0.1) is 0 Å². The number of amides is 2. The standard InChI is InChI=1S/C20H19N7O4/c1-12-7-3-5-9-14(12)19(28)25-23-17-16(27(30)31)18(22-11-21-17)24-26-20(29)15-10-6-4-8-13(15)2/h3-11H,1-2H3,(H,25,28)(H,26,29)(H2,21,22,23,24). The highest BCUT2D eigenvalue weighted by Gasteiger charge is 2.24. The molecule has 1 heterocycles. The van der Waals surface area contributed by atoms with E-state index < -0.39 is 22.4 Å². The van der Waals surface area contributed by atoms with Gasteiger partial charge in [0.15, 0.2) is 0 Å². The number of anilines is 2. The molecule has 4 N–H and O–H groups in total. The van der Waals surface area contributed by atoms with Crippen molar-refractivity contribution in [3.8, 4) is 0 Å². The van der Waals surface area contributed by atoms with E-state index in [1.807, 2.05) is 0 Å². The summed E-state index contributed by atoms with van der Waals surface area (Å²) in [5.41, 5.74) is 11.4. The average Bonchev–Trinajstić information content (AvgIpc) is 2.76. The molecule has 0 aliphatic carbocycles. The molecule has 3 rings (SSSR count). The van der Waals surface area contributed by atoms with Gasteiger partial charge >= 0.3 is 5.69 Å². The average molecular weight is 421 g/mol. The van der Waals surface area contributed by atoms with E-state index in [0.717, 1.165) is 17.5 Å². The highest BCUT2D eigenvalue weighted by Crippen LogP contribution is 2.27. The van der Waals surface area contributed by atoms with Gasteiger partial charge in [0, 0.05) is 11.1 Å². The second kappa shape index (κ2) is 9.31. The fraction of sp³-hybridized carbons (Fsp3) is 0.100. The Labute approximate surface area is 177 Å². The number of nitrogens with zero attached hydrogens (tertiary/aromatic N) is 3. The van der Waals surface area contributed by atoms with Crippen molar-refractivity contribution < 1.29 is 14.5 Å². The van der Waals surface area contributed by atoms with Crippen LogP contribution in [0.25, 0.3) is 0 Å². The molecular weight excluding hydrogens is 402 g/mol. The van der Waals surface area contributed by atoms with Crippen molar-refractivity contribution in [3.05, 3.63) is 87.2 Å². The zero-order valence-electron chi connectivity index (χ0n) is 16.7. The summed E-state index contributed by atoms with van der Waals surface area (Å²) in [4.78, 5) is 43.2. The number of hydrogen-bond donors (Lipinski definition) is 4. The van der Waals surface area contributed by atoms with Crippen LogP contribution in [0, 0.1) is 24.0 Å². The Morgan fingerprint density at radius 3 is 1.61 bits per heavy atom. The monoisotopic (exact) mass is 421 g/mol. The predicted octanol–water partition coefficient (Wildman–Crippen LogP) is 2.52. The fourth-order valence-corrected chi connectivity index (χ4v) is 2.76. The lowest BCUT2D eigenvalue weighted by atomic mass is 10.1. The van der Waals surface area contributed by atoms with Crippen LogP contribution in [0.2, 0.25) is 0 Å². The second-order valence-electron chi connectivity index (χ2n) is 6.46. The van der Waals surface area contributed by atoms with Gasteiger partial charge in [0.05, 0.1) is 4.92 Å². The van der Waals surface area contributed by atoms with Gasteiger partial charge in [0.25, 0.3) is 11.8 Å². The molecule has 11 nitrogen and oxygen atoms in total. The van der Waals surface area contributed by atoms with Gasteiger partial charge in [-0.25, -0.2) is 9.97 Å². The van der Waals surface area contributed by atoms with Crippen molar-refractivity contribution >= 4 is 29.1 Å². The first-order valence-electron chi connectivity index (χ1n) is 9.12. The summed E-state index contributed by atoms with van der Waals surface area (Å²) in [5, 5.41) is 11.6. The third-order valence-corrected chi connectivity index (χ3v) is 4.37. The van der Waals surface area contributed by atoms with E-state index in [-0.39, 0.29) is 11.6 Å². The van der Waals surface area contributed by atoms with Crippen LogP contribution in [0.3, 0.4) is 0 Å². The molecule has 31 heavy (non-hydrogen) atoms. The van der Waals surface area contributed by atoms with Gasteiger partial charge < -0.3 is 0 Å². The zero-order valence-corrected chi connectivity index (χ0v) is 16.7. The highest BCUT2D eigenvalue weighted by molar-refractivity contribution is 5.97. The van der Waals surface area contributed by atoms with Crippen molar-refractivity contribution in [1.29, 1.82) is 0 Å². The number of hydrazine groups is 2. The summed E-state index contributed by atoms with van der Waals surface area (Å²) in [6, 6.07) is 13.8. The number of benzene rings is 2. The highest BCUT2D eigenvalue weighted by atomic mass is 16.6. The number of nitro groups is 1. The van der Waals surface area contributed by atoms with Crippen molar-refractivity contribution in [2.75, 3.05) is 10.9 Å². The molecule has 2 amide bonds. The summed E-state index contributed by atoms with van der Waals surface area (Å²) in [7, 11) is 0. The largest absolute Gasteiger partial charge is 0.356 e. The van der Waals surface area contributed by atoms with Crippen LogP contribution >= 0.6 is 0 Å². The Morgan fingerprint density at radius 1 is 0.806 bits per heavy atom. The van der Waals surface area contributed by atoms with Crippen LogP contribution in [0.15, 0.2) is 54.9 Å². The van der Waals surface area contributed by atoms with Crippen LogP contribution in [-0.4, -0.2) is 26.7 Å². The van der Waals surface area contributed by atoms with E-state index in [1.165, 1.54) is 0 Å². The van der Waals surface area contributed by atoms with Gasteiger partial charge in [-0.05, 0) is 37.1 Å². The molecule has 1 aromatic heterocycles. The molecule has 0 atom stereocenters. The van der Waals surface area contributed by atoms with Gasteiger partial charge in [0.2, 0.25) is 11.6 Å². The molecule has 0 radical (unpaired) electrons. The molecular formula is C20H19N7O4. The number of aryl methyl sites for hydroxylation is 2. The first-order valence-corrected chi connectivity index (χ1v) is 9.12. The molecule has 0 aliphatic heterocycles. The van der Waals surface area contributed by atoms with E-state index in [9.17, 15) is 19.7 Å².